The van der Waals surface area contributed by atoms with Gasteiger partial charge in [0.05, 0.1) is 5.56 Å². The van der Waals surface area contributed by atoms with E-state index in [2.05, 4.69) is 4.98 Å². The second kappa shape index (κ2) is 4.94. The number of hydrogen-bond donors (Lipinski definition) is 1. The van der Waals surface area contributed by atoms with Crippen molar-refractivity contribution in [3.05, 3.63) is 65.4 Å². The smallest absolute Gasteiger partial charge is 0.335 e. The van der Waals surface area contributed by atoms with Crippen LogP contribution in [0, 0.1) is 0 Å². The summed E-state index contributed by atoms with van der Waals surface area (Å²) in [6.07, 6.45) is 3.37. The van der Waals surface area contributed by atoms with Crippen molar-refractivity contribution in [2.24, 2.45) is 0 Å². The van der Waals surface area contributed by atoms with Gasteiger partial charge >= 0.3 is 5.97 Å². The van der Waals surface area contributed by atoms with Crippen molar-refractivity contribution in [2.75, 3.05) is 0 Å². The average molecular weight is 284 g/mol. The number of rotatable bonds is 2. The van der Waals surface area contributed by atoms with Crippen molar-refractivity contribution < 1.29 is 9.90 Å². The summed E-state index contributed by atoms with van der Waals surface area (Å²) in [5.41, 5.74) is 1.99. The van der Waals surface area contributed by atoms with Crippen molar-refractivity contribution in [3.63, 3.8) is 0 Å². The molecule has 98 valence electrons. The molecule has 0 radical (unpaired) electrons. The number of hydrogen-bond acceptors (Lipinski definition) is 2. The Balaban J connectivity index is 2.37. The van der Waals surface area contributed by atoms with Gasteiger partial charge in [0, 0.05) is 23.0 Å². The number of pyridine rings is 1. The minimum Gasteiger partial charge on any atom is -0.478 e. The van der Waals surface area contributed by atoms with Gasteiger partial charge in [0.1, 0.15) is 0 Å². The molecule has 3 nitrogen and oxygen atoms in total. The Morgan fingerprint density at radius 2 is 1.75 bits per heavy atom. The molecule has 1 heterocycles. The molecule has 0 unspecified atom stereocenters. The summed E-state index contributed by atoms with van der Waals surface area (Å²) in [5.74, 6) is -0.951. The summed E-state index contributed by atoms with van der Waals surface area (Å²) in [6.45, 7) is 0. The van der Waals surface area contributed by atoms with Gasteiger partial charge in [0.25, 0.3) is 0 Å². The zero-order chi connectivity index (χ0) is 14.1. The molecule has 0 saturated heterocycles. The van der Waals surface area contributed by atoms with E-state index in [0.29, 0.717) is 5.02 Å². The molecule has 3 rings (SSSR count). The lowest BCUT2D eigenvalue weighted by Crippen LogP contribution is -1.96. The van der Waals surface area contributed by atoms with Gasteiger partial charge < -0.3 is 5.11 Å². The van der Waals surface area contributed by atoms with Gasteiger partial charge in [0.15, 0.2) is 0 Å². The summed E-state index contributed by atoms with van der Waals surface area (Å²) < 4.78 is 0. The molecule has 3 aromatic rings. The van der Waals surface area contributed by atoms with E-state index in [9.17, 15) is 4.79 Å². The maximum atomic E-state index is 11.1. The Morgan fingerprint density at radius 1 is 1.05 bits per heavy atom. The highest BCUT2D eigenvalue weighted by atomic mass is 35.5. The number of halogens is 1. The number of benzene rings is 2. The maximum absolute atomic E-state index is 11.1. The molecule has 0 aliphatic carbocycles. The molecule has 0 aliphatic rings. The van der Waals surface area contributed by atoms with Crippen molar-refractivity contribution in [1.29, 1.82) is 0 Å². The highest BCUT2D eigenvalue weighted by Crippen LogP contribution is 2.35. The third-order valence-electron chi connectivity index (χ3n) is 3.19. The molecule has 0 amide bonds. The van der Waals surface area contributed by atoms with Crippen molar-refractivity contribution in [2.45, 2.75) is 0 Å². The molecule has 0 saturated carbocycles. The van der Waals surface area contributed by atoms with Gasteiger partial charge in [-0.2, -0.15) is 0 Å². The number of carbonyl (C=O) groups is 1. The number of carboxylic acids is 1. The quantitative estimate of drug-likeness (QED) is 0.765. The Labute approximate surface area is 120 Å². The normalized spacial score (nSPS) is 10.7. The Kier molecular flexibility index (Phi) is 3.12. The van der Waals surface area contributed by atoms with Crippen LogP contribution in [0.25, 0.3) is 21.9 Å². The largest absolute Gasteiger partial charge is 0.478 e. The first-order chi connectivity index (χ1) is 9.66. The molecule has 2 aromatic carbocycles. The minimum absolute atomic E-state index is 0.245. The van der Waals surface area contributed by atoms with Crippen LogP contribution in [0.5, 0.6) is 0 Å². The van der Waals surface area contributed by atoms with Crippen molar-refractivity contribution >= 4 is 28.3 Å². The number of aromatic carboxylic acids is 1. The Bertz CT molecular complexity index is 800. The minimum atomic E-state index is -0.951. The lowest BCUT2D eigenvalue weighted by Gasteiger charge is -2.10. The predicted molar refractivity (Wildman–Crippen MR) is 79.1 cm³/mol. The molecule has 20 heavy (non-hydrogen) atoms. The van der Waals surface area contributed by atoms with Crippen LogP contribution in [0.1, 0.15) is 10.4 Å². The zero-order valence-corrected chi connectivity index (χ0v) is 11.1. The fraction of sp³-hybridized carbons (Fsp3) is 0. The summed E-state index contributed by atoms with van der Waals surface area (Å²) in [6, 6.07) is 12.4. The lowest BCUT2D eigenvalue weighted by molar-refractivity contribution is 0.0697. The van der Waals surface area contributed by atoms with E-state index in [1.54, 1.807) is 30.6 Å². The second-order valence-corrected chi connectivity index (χ2v) is 4.81. The molecule has 0 fully saturated rings. The van der Waals surface area contributed by atoms with Crippen LogP contribution >= 0.6 is 11.6 Å². The number of fused-ring (bicyclic) bond motifs is 1. The monoisotopic (exact) mass is 283 g/mol. The van der Waals surface area contributed by atoms with Crippen molar-refractivity contribution in [3.8, 4) is 11.1 Å². The molecule has 0 atom stereocenters. The second-order valence-electron chi connectivity index (χ2n) is 4.40. The summed E-state index contributed by atoms with van der Waals surface area (Å²) in [5, 5.41) is 11.5. The fourth-order valence-corrected chi connectivity index (χ4v) is 2.51. The molecule has 0 aliphatic heterocycles. The predicted octanol–water partition coefficient (Wildman–Crippen LogP) is 4.25. The highest BCUT2D eigenvalue weighted by molar-refractivity contribution is 6.35. The van der Waals surface area contributed by atoms with Crippen LogP contribution in [0.2, 0.25) is 5.02 Å². The van der Waals surface area contributed by atoms with Crippen LogP contribution in [0.15, 0.2) is 54.9 Å². The standard InChI is InChI=1S/C16H10ClNO2/c17-14-4-3-10-1-2-12(16(19)20)9-13(10)15(14)11-5-7-18-8-6-11/h1-9H,(H,19,20). The van der Waals surface area contributed by atoms with E-state index in [-0.39, 0.29) is 5.56 Å². The average Bonchev–Trinajstić information content (AvgIpc) is 2.47. The van der Waals surface area contributed by atoms with Gasteiger partial charge in [0.2, 0.25) is 0 Å². The molecule has 1 N–H and O–H groups in total. The zero-order valence-electron chi connectivity index (χ0n) is 10.4. The van der Waals surface area contributed by atoms with Crippen LogP contribution in [0.3, 0.4) is 0 Å². The van der Waals surface area contributed by atoms with E-state index in [1.165, 1.54) is 0 Å². The Hall–Kier alpha value is -2.39. The van der Waals surface area contributed by atoms with Gasteiger partial charge in [-0.1, -0.05) is 23.7 Å². The molecule has 0 bridgehead atoms. The van der Waals surface area contributed by atoms with Crippen molar-refractivity contribution in [1.82, 2.24) is 4.98 Å². The van der Waals surface area contributed by atoms with E-state index in [4.69, 9.17) is 16.7 Å². The number of carboxylic acid groups (broad SMARTS) is 1. The van der Waals surface area contributed by atoms with E-state index < -0.39 is 5.97 Å². The van der Waals surface area contributed by atoms with Gasteiger partial charge in [-0.15, -0.1) is 0 Å². The van der Waals surface area contributed by atoms with Crippen LogP contribution < -0.4 is 0 Å². The van der Waals surface area contributed by atoms with Crippen LogP contribution in [-0.2, 0) is 0 Å². The topological polar surface area (TPSA) is 50.2 Å². The summed E-state index contributed by atoms with van der Waals surface area (Å²) in [4.78, 5) is 15.1. The first-order valence-electron chi connectivity index (χ1n) is 6.03. The molecule has 1 aromatic heterocycles. The third kappa shape index (κ3) is 2.12. The van der Waals surface area contributed by atoms with E-state index in [1.807, 2.05) is 24.3 Å². The summed E-state index contributed by atoms with van der Waals surface area (Å²) in [7, 11) is 0. The Morgan fingerprint density at radius 3 is 2.45 bits per heavy atom. The number of aromatic nitrogens is 1. The van der Waals surface area contributed by atoms with Gasteiger partial charge in [-0.05, 0) is 46.7 Å². The molecular formula is C16H10ClNO2. The SMILES string of the molecule is O=C(O)c1ccc2ccc(Cl)c(-c3ccncc3)c2c1. The lowest BCUT2D eigenvalue weighted by atomic mass is 9.97. The first-order valence-corrected chi connectivity index (χ1v) is 6.40. The maximum Gasteiger partial charge on any atom is 0.335 e. The third-order valence-corrected chi connectivity index (χ3v) is 3.50. The molecule has 4 heteroatoms. The van der Waals surface area contributed by atoms with Gasteiger partial charge in [-0.3, -0.25) is 4.98 Å². The molecular weight excluding hydrogens is 274 g/mol. The fourth-order valence-electron chi connectivity index (χ4n) is 2.24. The van der Waals surface area contributed by atoms with Crippen LogP contribution in [0.4, 0.5) is 0 Å². The summed E-state index contributed by atoms with van der Waals surface area (Å²) >= 11 is 6.30. The van der Waals surface area contributed by atoms with E-state index in [0.717, 1.165) is 21.9 Å². The van der Waals surface area contributed by atoms with Crippen LogP contribution in [-0.4, -0.2) is 16.1 Å². The molecule has 0 spiro atoms. The number of nitrogens with zero attached hydrogens (tertiary/aromatic N) is 1. The van der Waals surface area contributed by atoms with E-state index >= 15 is 0 Å². The first kappa shape index (κ1) is 12.6. The highest BCUT2D eigenvalue weighted by Gasteiger charge is 2.11. The van der Waals surface area contributed by atoms with Gasteiger partial charge in [-0.25, -0.2) is 4.79 Å².